The van der Waals surface area contributed by atoms with Gasteiger partial charge in [-0.3, -0.25) is 9.69 Å². The molecule has 0 aliphatic carbocycles. The lowest BCUT2D eigenvalue weighted by atomic mass is 10.1. The van der Waals surface area contributed by atoms with Crippen LogP contribution in [0.4, 0.5) is 5.13 Å². The molecule has 1 aliphatic rings. The summed E-state index contributed by atoms with van der Waals surface area (Å²) in [5.41, 5.74) is 4.29. The van der Waals surface area contributed by atoms with Gasteiger partial charge in [-0.1, -0.05) is 6.07 Å². The predicted molar refractivity (Wildman–Crippen MR) is 94.6 cm³/mol. The number of anilines is 1. The van der Waals surface area contributed by atoms with Crippen molar-refractivity contribution in [2.75, 3.05) is 31.1 Å². The fraction of sp³-hybridized carbons (Fsp3) is 0.400. The lowest BCUT2D eigenvalue weighted by Gasteiger charge is -2.37. The number of H-pyrrole nitrogens is 1. The van der Waals surface area contributed by atoms with Crippen molar-refractivity contribution in [3.05, 3.63) is 38.9 Å². The van der Waals surface area contributed by atoms with Crippen LogP contribution in [0.1, 0.15) is 18.5 Å². The van der Waals surface area contributed by atoms with Crippen molar-refractivity contribution >= 4 is 38.0 Å². The second kappa shape index (κ2) is 6.03. The number of fused-ring (bicyclic) bond motifs is 1. The van der Waals surface area contributed by atoms with E-state index in [0.717, 1.165) is 36.8 Å². The van der Waals surface area contributed by atoms with E-state index in [2.05, 4.69) is 50.1 Å². The molecule has 2 aromatic heterocycles. The van der Waals surface area contributed by atoms with Gasteiger partial charge >= 0.3 is 4.87 Å². The molecule has 1 atom stereocenters. The predicted octanol–water partition coefficient (Wildman–Crippen LogP) is 2.32. The fourth-order valence-electron chi connectivity index (χ4n) is 3.00. The van der Waals surface area contributed by atoms with Crippen LogP contribution >= 0.6 is 22.7 Å². The first-order valence-electron chi connectivity index (χ1n) is 7.58. The summed E-state index contributed by atoms with van der Waals surface area (Å²) in [6.07, 6.45) is 0. The molecule has 0 bridgehead atoms. The number of aromatic amines is 1. The fourth-order valence-corrected chi connectivity index (χ4v) is 4.32. The molecular weight excluding hydrogens is 330 g/mol. The van der Waals surface area contributed by atoms with Gasteiger partial charge in [-0.25, -0.2) is 10.1 Å². The summed E-state index contributed by atoms with van der Waals surface area (Å²) in [6.45, 7) is 5.96. The Morgan fingerprint density at radius 1 is 1.26 bits per heavy atom. The number of piperazine rings is 1. The third kappa shape index (κ3) is 2.89. The molecule has 0 saturated carbocycles. The highest BCUT2D eigenvalue weighted by Crippen LogP contribution is 2.27. The molecule has 6 nitrogen and oxygen atoms in total. The maximum atomic E-state index is 11.2. The SMILES string of the molecule is CC(c1ccc2scnc2c1)N1CCN(c2n[nH]c(=O)s2)CC1. The third-order valence-electron chi connectivity index (χ3n) is 4.40. The number of hydrogen-bond donors (Lipinski definition) is 1. The summed E-state index contributed by atoms with van der Waals surface area (Å²) in [5.74, 6) is 0. The number of nitrogens with zero attached hydrogens (tertiary/aromatic N) is 4. The number of rotatable bonds is 3. The zero-order valence-corrected chi connectivity index (χ0v) is 14.4. The Labute approximate surface area is 141 Å². The highest BCUT2D eigenvalue weighted by molar-refractivity contribution is 7.16. The molecule has 1 saturated heterocycles. The maximum Gasteiger partial charge on any atom is 0.324 e. The first-order valence-corrected chi connectivity index (χ1v) is 9.28. The van der Waals surface area contributed by atoms with E-state index in [0.29, 0.717) is 6.04 Å². The molecule has 1 aromatic carbocycles. The Morgan fingerprint density at radius 3 is 2.83 bits per heavy atom. The van der Waals surface area contributed by atoms with E-state index in [1.807, 2.05) is 5.51 Å². The molecule has 120 valence electrons. The molecule has 23 heavy (non-hydrogen) atoms. The van der Waals surface area contributed by atoms with Gasteiger partial charge in [-0.05, 0) is 36.0 Å². The number of benzene rings is 1. The Hall–Kier alpha value is -1.77. The average Bonchev–Trinajstić information content (AvgIpc) is 3.22. The first kappa shape index (κ1) is 14.8. The van der Waals surface area contributed by atoms with Crippen LogP contribution in [0.2, 0.25) is 0 Å². The van der Waals surface area contributed by atoms with Gasteiger partial charge in [0.25, 0.3) is 0 Å². The number of thiazole rings is 1. The summed E-state index contributed by atoms with van der Waals surface area (Å²) in [7, 11) is 0. The van der Waals surface area contributed by atoms with Crippen molar-refractivity contribution < 1.29 is 0 Å². The molecular formula is C15H17N5OS2. The lowest BCUT2D eigenvalue weighted by molar-refractivity contribution is 0.198. The molecule has 0 spiro atoms. The van der Waals surface area contributed by atoms with E-state index in [-0.39, 0.29) is 4.87 Å². The van der Waals surface area contributed by atoms with Gasteiger partial charge in [0.2, 0.25) is 5.13 Å². The first-order chi connectivity index (χ1) is 11.2. The Balaban J connectivity index is 1.45. The molecule has 0 amide bonds. The van der Waals surface area contributed by atoms with E-state index in [9.17, 15) is 4.79 Å². The van der Waals surface area contributed by atoms with Crippen LogP contribution < -0.4 is 9.77 Å². The van der Waals surface area contributed by atoms with Crippen LogP contribution in [0.5, 0.6) is 0 Å². The van der Waals surface area contributed by atoms with Crippen molar-refractivity contribution in [3.63, 3.8) is 0 Å². The summed E-state index contributed by atoms with van der Waals surface area (Å²) in [5, 5.41) is 7.37. The van der Waals surface area contributed by atoms with E-state index in [1.165, 1.54) is 21.6 Å². The van der Waals surface area contributed by atoms with Crippen molar-refractivity contribution in [1.82, 2.24) is 20.1 Å². The monoisotopic (exact) mass is 347 g/mol. The van der Waals surface area contributed by atoms with Crippen molar-refractivity contribution in [3.8, 4) is 0 Å². The zero-order valence-electron chi connectivity index (χ0n) is 12.7. The summed E-state index contributed by atoms with van der Waals surface area (Å²) in [6, 6.07) is 6.93. The largest absolute Gasteiger partial charge is 0.344 e. The van der Waals surface area contributed by atoms with Crippen LogP contribution in [-0.4, -0.2) is 46.3 Å². The maximum absolute atomic E-state index is 11.2. The van der Waals surface area contributed by atoms with Gasteiger partial charge in [-0.2, -0.15) is 0 Å². The molecule has 3 aromatic rings. The van der Waals surface area contributed by atoms with Crippen LogP contribution in [0, 0.1) is 0 Å². The second-order valence-electron chi connectivity index (χ2n) is 5.67. The third-order valence-corrected chi connectivity index (χ3v) is 6.01. The van der Waals surface area contributed by atoms with E-state index in [1.54, 1.807) is 11.3 Å². The molecule has 1 unspecified atom stereocenters. The van der Waals surface area contributed by atoms with Gasteiger partial charge in [0, 0.05) is 32.2 Å². The lowest BCUT2D eigenvalue weighted by Crippen LogP contribution is -2.47. The minimum Gasteiger partial charge on any atom is -0.344 e. The molecule has 4 rings (SSSR count). The molecule has 1 fully saturated rings. The van der Waals surface area contributed by atoms with Gasteiger partial charge in [-0.15, -0.1) is 16.4 Å². The normalized spacial score (nSPS) is 17.7. The standard InChI is InChI=1S/C15H17N5OS2/c1-10(11-2-3-13-12(8-11)16-9-22-13)19-4-6-20(7-5-19)14-17-18-15(21)23-14/h2-3,8-10H,4-7H2,1H3,(H,18,21). The van der Waals surface area contributed by atoms with Gasteiger partial charge < -0.3 is 4.90 Å². The van der Waals surface area contributed by atoms with Crippen LogP contribution in [-0.2, 0) is 0 Å². The van der Waals surface area contributed by atoms with Crippen molar-refractivity contribution in [2.45, 2.75) is 13.0 Å². The minimum absolute atomic E-state index is 0.0904. The number of hydrogen-bond acceptors (Lipinski definition) is 7. The van der Waals surface area contributed by atoms with Gasteiger partial charge in [0.15, 0.2) is 0 Å². The second-order valence-corrected chi connectivity index (χ2v) is 7.50. The Bertz CT molecular complexity index is 862. The van der Waals surface area contributed by atoms with Gasteiger partial charge in [0.05, 0.1) is 15.7 Å². The van der Waals surface area contributed by atoms with Crippen LogP contribution in [0.25, 0.3) is 10.2 Å². The minimum atomic E-state index is -0.0904. The quantitative estimate of drug-likeness (QED) is 0.788. The molecule has 8 heteroatoms. The molecule has 0 radical (unpaired) electrons. The Kier molecular flexibility index (Phi) is 3.88. The van der Waals surface area contributed by atoms with Crippen LogP contribution in [0.15, 0.2) is 28.5 Å². The highest BCUT2D eigenvalue weighted by atomic mass is 32.1. The molecule has 3 heterocycles. The summed E-state index contributed by atoms with van der Waals surface area (Å²) < 4.78 is 1.24. The average molecular weight is 347 g/mol. The van der Waals surface area contributed by atoms with Gasteiger partial charge in [0.1, 0.15) is 0 Å². The van der Waals surface area contributed by atoms with E-state index >= 15 is 0 Å². The highest BCUT2D eigenvalue weighted by Gasteiger charge is 2.24. The van der Waals surface area contributed by atoms with E-state index in [4.69, 9.17) is 0 Å². The number of nitrogens with one attached hydrogen (secondary N) is 1. The summed E-state index contributed by atoms with van der Waals surface area (Å²) >= 11 is 2.86. The summed E-state index contributed by atoms with van der Waals surface area (Å²) in [4.78, 5) is 20.2. The topological polar surface area (TPSA) is 65.1 Å². The molecule has 1 N–H and O–H groups in total. The number of aromatic nitrogens is 3. The van der Waals surface area contributed by atoms with Crippen LogP contribution in [0.3, 0.4) is 0 Å². The Morgan fingerprint density at radius 2 is 2.09 bits per heavy atom. The van der Waals surface area contributed by atoms with Crippen molar-refractivity contribution in [1.29, 1.82) is 0 Å². The van der Waals surface area contributed by atoms with E-state index < -0.39 is 0 Å². The smallest absolute Gasteiger partial charge is 0.324 e. The zero-order chi connectivity index (χ0) is 15.8. The molecule has 1 aliphatic heterocycles. The van der Waals surface area contributed by atoms with Crippen molar-refractivity contribution in [2.24, 2.45) is 0 Å².